The van der Waals surface area contributed by atoms with Crippen molar-refractivity contribution in [3.05, 3.63) is 23.8 Å². The van der Waals surface area contributed by atoms with Crippen LogP contribution >= 0.6 is 0 Å². The predicted octanol–water partition coefficient (Wildman–Crippen LogP) is 1.95. The first-order valence-corrected chi connectivity index (χ1v) is 5.43. The van der Waals surface area contributed by atoms with E-state index in [1.54, 1.807) is 0 Å². The van der Waals surface area contributed by atoms with Crippen molar-refractivity contribution in [1.82, 2.24) is 0 Å². The number of anilines is 2. The molecular weight excluding hydrogens is 186 g/mol. The van der Waals surface area contributed by atoms with E-state index in [0.717, 1.165) is 30.4 Å². The van der Waals surface area contributed by atoms with Gasteiger partial charge in [-0.25, -0.2) is 0 Å². The van der Waals surface area contributed by atoms with Crippen LogP contribution in [-0.4, -0.2) is 19.1 Å². The molecule has 0 unspecified atom stereocenters. The highest BCUT2D eigenvalue weighted by Crippen LogP contribution is 2.37. The van der Waals surface area contributed by atoms with E-state index in [-0.39, 0.29) is 0 Å². The first kappa shape index (κ1) is 8.60. The lowest BCUT2D eigenvalue weighted by atomic mass is 10.1. The zero-order valence-electron chi connectivity index (χ0n) is 8.53. The van der Waals surface area contributed by atoms with E-state index in [1.807, 2.05) is 12.1 Å². The predicted molar refractivity (Wildman–Crippen MR) is 60.0 cm³/mol. The Kier molecular flexibility index (Phi) is 1.81. The average Bonchev–Trinajstić information content (AvgIpc) is 3.11. The minimum absolute atomic E-state index is 0.735. The second-order valence-corrected chi connectivity index (χ2v) is 4.20. The van der Waals surface area contributed by atoms with Crippen LogP contribution in [0.25, 0.3) is 0 Å². The van der Waals surface area contributed by atoms with Gasteiger partial charge in [-0.1, -0.05) is 0 Å². The molecule has 1 aromatic rings. The van der Waals surface area contributed by atoms with Crippen LogP contribution < -0.4 is 10.2 Å². The number of nitrogens with zero attached hydrogens (tertiary/aromatic N) is 2. The van der Waals surface area contributed by atoms with Crippen molar-refractivity contribution in [2.24, 2.45) is 0 Å². The third-order valence-corrected chi connectivity index (χ3v) is 3.09. The Hall–Kier alpha value is -1.69. The average molecular weight is 199 g/mol. The summed E-state index contributed by atoms with van der Waals surface area (Å²) in [6, 6.07) is 8.85. The van der Waals surface area contributed by atoms with Gasteiger partial charge >= 0.3 is 0 Å². The molecule has 0 amide bonds. The number of nitrogens with one attached hydrogen (secondary N) is 1. The Bertz CT molecular complexity index is 429. The van der Waals surface area contributed by atoms with Crippen molar-refractivity contribution in [3.63, 3.8) is 0 Å². The number of hydrogen-bond donors (Lipinski definition) is 1. The van der Waals surface area contributed by atoms with Gasteiger partial charge in [0.15, 0.2) is 0 Å². The summed E-state index contributed by atoms with van der Waals surface area (Å²) in [5.74, 6) is 0. The number of benzene rings is 1. The van der Waals surface area contributed by atoms with E-state index >= 15 is 0 Å². The van der Waals surface area contributed by atoms with Crippen LogP contribution in [0.5, 0.6) is 0 Å². The summed E-state index contributed by atoms with van der Waals surface area (Å²) >= 11 is 0. The van der Waals surface area contributed by atoms with Gasteiger partial charge in [0.05, 0.1) is 23.0 Å². The first-order chi connectivity index (χ1) is 7.38. The standard InChI is InChI=1S/C12H13N3/c13-8-9-1-4-12-11(7-9)14-5-6-15(12)10-2-3-10/h1,4,7,10,14H,2-3,5-6H2. The second-order valence-electron chi connectivity index (χ2n) is 4.20. The van der Waals surface area contributed by atoms with Gasteiger partial charge in [-0.15, -0.1) is 0 Å². The van der Waals surface area contributed by atoms with Crippen LogP contribution in [0, 0.1) is 11.3 Å². The fraction of sp³-hybridized carbons (Fsp3) is 0.417. The topological polar surface area (TPSA) is 39.1 Å². The summed E-state index contributed by atoms with van der Waals surface area (Å²) in [5, 5.41) is 12.2. The maximum absolute atomic E-state index is 8.84. The number of rotatable bonds is 1. The van der Waals surface area contributed by atoms with Crippen LogP contribution in [0.15, 0.2) is 18.2 Å². The highest BCUT2D eigenvalue weighted by molar-refractivity contribution is 5.74. The molecule has 0 bridgehead atoms. The fourth-order valence-corrected chi connectivity index (χ4v) is 2.19. The summed E-state index contributed by atoms with van der Waals surface area (Å²) in [4.78, 5) is 2.47. The summed E-state index contributed by atoms with van der Waals surface area (Å²) in [6.07, 6.45) is 2.64. The Balaban J connectivity index is 2.01. The van der Waals surface area contributed by atoms with Crippen molar-refractivity contribution in [1.29, 1.82) is 5.26 Å². The van der Waals surface area contributed by atoms with E-state index in [9.17, 15) is 0 Å². The summed E-state index contributed by atoms with van der Waals surface area (Å²) in [7, 11) is 0. The molecule has 0 radical (unpaired) electrons. The molecule has 0 saturated heterocycles. The summed E-state index contributed by atoms with van der Waals surface area (Å²) in [5.41, 5.74) is 3.12. The van der Waals surface area contributed by atoms with E-state index in [0.29, 0.717) is 0 Å². The van der Waals surface area contributed by atoms with Gasteiger partial charge in [-0.3, -0.25) is 0 Å². The molecule has 0 spiro atoms. The van der Waals surface area contributed by atoms with E-state index in [1.165, 1.54) is 18.5 Å². The molecule has 1 heterocycles. The van der Waals surface area contributed by atoms with Crippen LogP contribution in [0.2, 0.25) is 0 Å². The molecule has 2 aliphatic rings. The second kappa shape index (κ2) is 3.16. The molecule has 1 aliphatic heterocycles. The van der Waals surface area contributed by atoms with Crippen molar-refractivity contribution in [2.45, 2.75) is 18.9 Å². The monoisotopic (exact) mass is 199 g/mol. The smallest absolute Gasteiger partial charge is 0.0992 e. The molecule has 3 heteroatoms. The molecule has 1 aromatic carbocycles. The zero-order valence-corrected chi connectivity index (χ0v) is 8.53. The maximum Gasteiger partial charge on any atom is 0.0992 e. The Morgan fingerprint density at radius 3 is 3.00 bits per heavy atom. The minimum atomic E-state index is 0.735. The Morgan fingerprint density at radius 2 is 2.27 bits per heavy atom. The third kappa shape index (κ3) is 1.42. The maximum atomic E-state index is 8.84. The molecule has 1 aliphatic carbocycles. The molecule has 1 fully saturated rings. The molecule has 0 aromatic heterocycles. The highest BCUT2D eigenvalue weighted by Gasteiger charge is 2.31. The summed E-state index contributed by atoms with van der Waals surface area (Å²) in [6.45, 7) is 2.07. The van der Waals surface area contributed by atoms with Crippen LogP contribution in [0.1, 0.15) is 18.4 Å². The highest BCUT2D eigenvalue weighted by atomic mass is 15.2. The fourth-order valence-electron chi connectivity index (χ4n) is 2.19. The van der Waals surface area contributed by atoms with Crippen LogP contribution in [0.3, 0.4) is 0 Å². The van der Waals surface area contributed by atoms with Gasteiger partial charge in [0, 0.05) is 19.1 Å². The van der Waals surface area contributed by atoms with Gasteiger partial charge in [-0.05, 0) is 31.0 Å². The SMILES string of the molecule is N#Cc1ccc2c(c1)NCCN2C1CC1. The van der Waals surface area contributed by atoms with Gasteiger partial charge < -0.3 is 10.2 Å². The third-order valence-electron chi connectivity index (χ3n) is 3.09. The normalized spacial score (nSPS) is 19.0. The molecule has 3 rings (SSSR count). The quantitative estimate of drug-likeness (QED) is 0.751. The lowest BCUT2D eigenvalue weighted by Crippen LogP contribution is -2.35. The molecule has 1 saturated carbocycles. The number of fused-ring (bicyclic) bond motifs is 1. The Morgan fingerprint density at radius 1 is 1.40 bits per heavy atom. The lowest BCUT2D eigenvalue weighted by molar-refractivity contribution is 0.782. The van der Waals surface area contributed by atoms with Crippen molar-refractivity contribution < 1.29 is 0 Å². The molecule has 0 atom stereocenters. The van der Waals surface area contributed by atoms with E-state index in [4.69, 9.17) is 5.26 Å². The number of hydrogen-bond acceptors (Lipinski definition) is 3. The zero-order chi connectivity index (χ0) is 10.3. The summed E-state index contributed by atoms with van der Waals surface area (Å²) < 4.78 is 0. The molecule has 76 valence electrons. The lowest BCUT2D eigenvalue weighted by Gasteiger charge is -2.32. The van der Waals surface area contributed by atoms with Crippen molar-refractivity contribution in [3.8, 4) is 6.07 Å². The largest absolute Gasteiger partial charge is 0.382 e. The first-order valence-electron chi connectivity index (χ1n) is 5.43. The minimum Gasteiger partial charge on any atom is -0.382 e. The van der Waals surface area contributed by atoms with Crippen LogP contribution in [0.4, 0.5) is 11.4 Å². The molecule has 3 nitrogen and oxygen atoms in total. The van der Waals surface area contributed by atoms with E-state index in [2.05, 4.69) is 22.4 Å². The van der Waals surface area contributed by atoms with Crippen molar-refractivity contribution >= 4 is 11.4 Å². The number of nitriles is 1. The van der Waals surface area contributed by atoms with E-state index < -0.39 is 0 Å². The van der Waals surface area contributed by atoms with Gasteiger partial charge in [0.1, 0.15) is 0 Å². The molecule has 15 heavy (non-hydrogen) atoms. The van der Waals surface area contributed by atoms with Crippen LogP contribution in [-0.2, 0) is 0 Å². The van der Waals surface area contributed by atoms with Crippen molar-refractivity contribution in [2.75, 3.05) is 23.3 Å². The van der Waals surface area contributed by atoms with Gasteiger partial charge in [0.2, 0.25) is 0 Å². The van der Waals surface area contributed by atoms with Gasteiger partial charge in [-0.2, -0.15) is 5.26 Å². The van der Waals surface area contributed by atoms with Gasteiger partial charge in [0.25, 0.3) is 0 Å². The molecular formula is C12H13N3. The molecule has 1 N–H and O–H groups in total. The Labute approximate surface area is 89.3 Å².